The van der Waals surface area contributed by atoms with Crippen LogP contribution >= 0.6 is 12.4 Å². The number of hydrogen-bond acceptors (Lipinski definition) is 4. The van der Waals surface area contributed by atoms with Gasteiger partial charge in [-0.05, 0) is 39.8 Å². The second-order valence-corrected chi connectivity index (χ2v) is 3.74. The van der Waals surface area contributed by atoms with Crippen molar-refractivity contribution in [3.63, 3.8) is 0 Å². The van der Waals surface area contributed by atoms with Crippen LogP contribution in [0.15, 0.2) is 0 Å². The summed E-state index contributed by atoms with van der Waals surface area (Å²) in [6, 6.07) is 0. The van der Waals surface area contributed by atoms with Gasteiger partial charge in [-0.2, -0.15) is 0 Å². The third-order valence-electron chi connectivity index (χ3n) is 2.15. The van der Waals surface area contributed by atoms with E-state index in [0.29, 0.717) is 25.9 Å². The highest BCUT2D eigenvalue weighted by Crippen LogP contribution is 2.20. The summed E-state index contributed by atoms with van der Waals surface area (Å²) in [5, 5.41) is 13.0. The fourth-order valence-corrected chi connectivity index (χ4v) is 1.37. The Morgan fingerprint density at radius 3 is 2.36 bits per heavy atom. The lowest BCUT2D eigenvalue weighted by Gasteiger charge is -2.30. The standard InChI is InChI=1S/C9H17NO3.ClH/c1-7(2)13-8(11)9(12)3-5-10-6-4-9;/h7,10,12H,3-6H2,1-2H3;1H. The van der Waals surface area contributed by atoms with Crippen LogP contribution in [-0.2, 0) is 9.53 Å². The molecule has 4 nitrogen and oxygen atoms in total. The molecule has 0 radical (unpaired) electrons. The van der Waals surface area contributed by atoms with Gasteiger partial charge in [-0.15, -0.1) is 12.4 Å². The van der Waals surface area contributed by atoms with Crippen LogP contribution in [0.25, 0.3) is 0 Å². The quantitative estimate of drug-likeness (QED) is 0.669. The van der Waals surface area contributed by atoms with Crippen molar-refractivity contribution in [3.8, 4) is 0 Å². The van der Waals surface area contributed by atoms with Gasteiger partial charge >= 0.3 is 5.97 Å². The fourth-order valence-electron chi connectivity index (χ4n) is 1.37. The van der Waals surface area contributed by atoms with Gasteiger partial charge in [-0.1, -0.05) is 0 Å². The number of ether oxygens (including phenoxy) is 1. The Balaban J connectivity index is 0.00000169. The Hall–Kier alpha value is -0.320. The lowest BCUT2D eigenvalue weighted by Crippen LogP contribution is -2.49. The number of nitrogens with one attached hydrogen (secondary N) is 1. The van der Waals surface area contributed by atoms with Crippen molar-refractivity contribution in [2.24, 2.45) is 0 Å². The topological polar surface area (TPSA) is 58.6 Å². The number of hydrogen-bond donors (Lipinski definition) is 2. The smallest absolute Gasteiger partial charge is 0.338 e. The molecule has 0 bridgehead atoms. The Morgan fingerprint density at radius 2 is 1.93 bits per heavy atom. The highest BCUT2D eigenvalue weighted by Gasteiger charge is 2.38. The lowest BCUT2D eigenvalue weighted by atomic mass is 9.93. The zero-order chi connectivity index (χ0) is 9.90. The average Bonchev–Trinajstić information content (AvgIpc) is 2.04. The molecule has 84 valence electrons. The molecule has 0 spiro atoms. The van der Waals surface area contributed by atoms with E-state index in [1.807, 2.05) is 0 Å². The van der Waals surface area contributed by atoms with Crippen molar-refractivity contribution in [2.75, 3.05) is 13.1 Å². The van der Waals surface area contributed by atoms with E-state index >= 15 is 0 Å². The molecule has 0 atom stereocenters. The third-order valence-corrected chi connectivity index (χ3v) is 2.15. The van der Waals surface area contributed by atoms with Gasteiger partial charge in [-0.25, -0.2) is 4.79 Å². The van der Waals surface area contributed by atoms with E-state index in [4.69, 9.17) is 4.74 Å². The van der Waals surface area contributed by atoms with Crippen LogP contribution in [-0.4, -0.2) is 35.9 Å². The Kier molecular flexibility index (Phi) is 5.41. The molecule has 1 fully saturated rings. The second kappa shape index (κ2) is 5.53. The summed E-state index contributed by atoms with van der Waals surface area (Å²) in [5.74, 6) is -0.482. The Labute approximate surface area is 90.4 Å². The van der Waals surface area contributed by atoms with Crippen molar-refractivity contribution in [3.05, 3.63) is 0 Å². The van der Waals surface area contributed by atoms with E-state index in [-0.39, 0.29) is 18.5 Å². The number of halogens is 1. The maximum absolute atomic E-state index is 11.4. The van der Waals surface area contributed by atoms with E-state index in [2.05, 4.69) is 5.32 Å². The summed E-state index contributed by atoms with van der Waals surface area (Å²) in [4.78, 5) is 11.4. The highest BCUT2D eigenvalue weighted by atomic mass is 35.5. The van der Waals surface area contributed by atoms with Gasteiger partial charge in [-0.3, -0.25) is 0 Å². The van der Waals surface area contributed by atoms with Crippen LogP contribution in [0.3, 0.4) is 0 Å². The minimum atomic E-state index is -1.25. The molecular weight excluding hydrogens is 206 g/mol. The van der Waals surface area contributed by atoms with Crippen LogP contribution in [0.1, 0.15) is 26.7 Å². The number of carbonyl (C=O) groups excluding carboxylic acids is 1. The fraction of sp³-hybridized carbons (Fsp3) is 0.889. The molecule has 14 heavy (non-hydrogen) atoms. The molecular formula is C9H18ClNO3. The molecule has 0 aromatic heterocycles. The van der Waals surface area contributed by atoms with E-state index in [1.54, 1.807) is 13.8 Å². The van der Waals surface area contributed by atoms with Crippen LogP contribution in [0.4, 0.5) is 0 Å². The van der Waals surface area contributed by atoms with Crippen LogP contribution < -0.4 is 5.32 Å². The molecule has 0 saturated carbocycles. The molecule has 0 aromatic carbocycles. The molecule has 1 aliphatic rings. The number of rotatable bonds is 2. The number of esters is 1. The SMILES string of the molecule is CC(C)OC(=O)C1(O)CCNCC1.Cl. The number of carbonyl (C=O) groups is 1. The molecule has 0 aliphatic carbocycles. The number of aliphatic hydroxyl groups is 1. The third kappa shape index (κ3) is 3.44. The minimum Gasteiger partial charge on any atom is -0.461 e. The van der Waals surface area contributed by atoms with E-state index < -0.39 is 11.6 Å². The van der Waals surface area contributed by atoms with Gasteiger partial charge < -0.3 is 15.2 Å². The summed E-state index contributed by atoms with van der Waals surface area (Å²) in [5.41, 5.74) is -1.25. The molecule has 0 aromatic rings. The minimum absolute atomic E-state index is 0. The molecule has 1 saturated heterocycles. The summed E-state index contributed by atoms with van der Waals surface area (Å²) in [7, 11) is 0. The highest BCUT2D eigenvalue weighted by molar-refractivity contribution is 5.85. The number of piperidine rings is 1. The molecule has 1 aliphatic heterocycles. The van der Waals surface area contributed by atoms with E-state index in [9.17, 15) is 9.90 Å². The summed E-state index contributed by atoms with van der Waals surface area (Å²) < 4.78 is 4.98. The summed E-state index contributed by atoms with van der Waals surface area (Å²) in [6.45, 7) is 4.90. The lowest BCUT2D eigenvalue weighted by molar-refractivity contribution is -0.172. The van der Waals surface area contributed by atoms with Gasteiger partial charge in [0.25, 0.3) is 0 Å². The summed E-state index contributed by atoms with van der Waals surface area (Å²) in [6.07, 6.45) is 0.725. The predicted molar refractivity (Wildman–Crippen MR) is 55.5 cm³/mol. The van der Waals surface area contributed by atoms with Crippen LogP contribution in [0, 0.1) is 0 Å². The maximum atomic E-state index is 11.4. The Morgan fingerprint density at radius 1 is 1.43 bits per heavy atom. The summed E-state index contributed by atoms with van der Waals surface area (Å²) >= 11 is 0. The van der Waals surface area contributed by atoms with Gasteiger partial charge in [0, 0.05) is 0 Å². The second-order valence-electron chi connectivity index (χ2n) is 3.74. The van der Waals surface area contributed by atoms with Crippen molar-refractivity contribution < 1.29 is 14.6 Å². The van der Waals surface area contributed by atoms with Gasteiger partial charge in [0.2, 0.25) is 0 Å². The monoisotopic (exact) mass is 223 g/mol. The van der Waals surface area contributed by atoms with Crippen molar-refractivity contribution in [1.82, 2.24) is 5.32 Å². The van der Waals surface area contributed by atoms with Crippen molar-refractivity contribution in [1.29, 1.82) is 0 Å². The normalized spacial score (nSPS) is 20.0. The first-order valence-electron chi connectivity index (χ1n) is 4.69. The largest absolute Gasteiger partial charge is 0.461 e. The van der Waals surface area contributed by atoms with Crippen LogP contribution in [0.5, 0.6) is 0 Å². The first-order chi connectivity index (χ1) is 6.04. The van der Waals surface area contributed by atoms with E-state index in [1.165, 1.54) is 0 Å². The first kappa shape index (κ1) is 13.7. The first-order valence-corrected chi connectivity index (χ1v) is 4.69. The van der Waals surface area contributed by atoms with Gasteiger partial charge in [0.05, 0.1) is 6.10 Å². The molecule has 1 heterocycles. The molecule has 0 amide bonds. The maximum Gasteiger partial charge on any atom is 0.338 e. The van der Waals surface area contributed by atoms with Gasteiger partial charge in [0.1, 0.15) is 0 Å². The van der Waals surface area contributed by atoms with Crippen molar-refractivity contribution in [2.45, 2.75) is 38.4 Å². The predicted octanol–water partition coefficient (Wildman–Crippen LogP) is 0.474. The van der Waals surface area contributed by atoms with Crippen molar-refractivity contribution >= 4 is 18.4 Å². The molecule has 2 N–H and O–H groups in total. The zero-order valence-corrected chi connectivity index (χ0v) is 9.39. The van der Waals surface area contributed by atoms with E-state index in [0.717, 1.165) is 0 Å². The van der Waals surface area contributed by atoms with Gasteiger partial charge in [0.15, 0.2) is 5.60 Å². The molecule has 5 heteroatoms. The molecule has 1 rings (SSSR count). The Bertz CT molecular complexity index is 190. The molecule has 0 unspecified atom stereocenters. The van der Waals surface area contributed by atoms with Crippen LogP contribution in [0.2, 0.25) is 0 Å². The zero-order valence-electron chi connectivity index (χ0n) is 8.58. The average molecular weight is 224 g/mol.